The van der Waals surface area contributed by atoms with E-state index < -0.39 is 5.79 Å². The highest BCUT2D eigenvalue weighted by atomic mass is 35.5. The minimum Gasteiger partial charge on any atom is -0.347 e. The van der Waals surface area contributed by atoms with Gasteiger partial charge in [-0.1, -0.05) is 30.3 Å². The number of methoxy groups -OCH3 is 2. The van der Waals surface area contributed by atoms with Gasteiger partial charge in [0.1, 0.15) is 0 Å². The third-order valence-corrected chi connectivity index (χ3v) is 2.95. The summed E-state index contributed by atoms with van der Waals surface area (Å²) in [6.45, 7) is 0. The average Bonchev–Trinajstić information content (AvgIpc) is 2.41. The van der Waals surface area contributed by atoms with E-state index in [1.54, 1.807) is 12.1 Å². The van der Waals surface area contributed by atoms with Crippen LogP contribution < -0.4 is 0 Å². The van der Waals surface area contributed by atoms with Crippen LogP contribution in [0, 0.1) is 0 Å². The predicted molar refractivity (Wildman–Crippen MR) is 67.5 cm³/mol. The first-order valence-electron chi connectivity index (χ1n) is 5.46. The van der Waals surface area contributed by atoms with Crippen LogP contribution in [-0.2, 0) is 9.47 Å². The molecule has 0 heterocycles. The number of ketones is 1. The Kier molecular flexibility index (Phi) is 5.62. The molecule has 1 aromatic rings. The molecule has 0 fully saturated rings. The molecule has 0 saturated heterocycles. The van der Waals surface area contributed by atoms with E-state index in [-0.39, 0.29) is 5.78 Å². The number of rotatable bonds is 7. The fourth-order valence-electron chi connectivity index (χ4n) is 1.70. The van der Waals surface area contributed by atoms with E-state index in [0.717, 1.165) is 0 Å². The average molecular weight is 257 g/mol. The van der Waals surface area contributed by atoms with E-state index in [1.165, 1.54) is 14.2 Å². The highest BCUT2D eigenvalue weighted by Gasteiger charge is 2.38. The summed E-state index contributed by atoms with van der Waals surface area (Å²) in [6.07, 6.45) is 1.10. The van der Waals surface area contributed by atoms with Crippen LogP contribution in [0.4, 0.5) is 0 Å². The number of Topliss-reactive ketones (excluding diaryl/α,β-unsaturated/α-hetero) is 1. The molecule has 0 N–H and O–H groups in total. The second-order valence-electron chi connectivity index (χ2n) is 3.65. The van der Waals surface area contributed by atoms with Crippen molar-refractivity contribution in [1.29, 1.82) is 0 Å². The number of hydrogen-bond donors (Lipinski definition) is 0. The van der Waals surface area contributed by atoms with Gasteiger partial charge in [0.25, 0.3) is 0 Å². The van der Waals surface area contributed by atoms with E-state index in [9.17, 15) is 4.79 Å². The standard InChI is InChI=1S/C13H17ClO3/c1-16-13(17-2,9-6-10-14)12(15)11-7-4-3-5-8-11/h3-5,7-8H,6,9-10H2,1-2H3. The molecule has 4 heteroatoms. The van der Waals surface area contributed by atoms with Crippen molar-refractivity contribution in [1.82, 2.24) is 0 Å². The van der Waals surface area contributed by atoms with E-state index >= 15 is 0 Å². The van der Waals surface area contributed by atoms with Crippen LogP contribution in [0.2, 0.25) is 0 Å². The van der Waals surface area contributed by atoms with Gasteiger partial charge in [0.15, 0.2) is 0 Å². The Hall–Kier alpha value is -0.900. The molecule has 0 amide bonds. The second-order valence-corrected chi connectivity index (χ2v) is 4.03. The molecule has 1 rings (SSSR count). The van der Waals surface area contributed by atoms with Gasteiger partial charge in [-0.3, -0.25) is 4.79 Å². The molecule has 0 aliphatic carbocycles. The van der Waals surface area contributed by atoms with E-state index in [4.69, 9.17) is 21.1 Å². The molecule has 0 bridgehead atoms. The van der Waals surface area contributed by atoms with Crippen molar-refractivity contribution in [2.45, 2.75) is 18.6 Å². The van der Waals surface area contributed by atoms with Crippen LogP contribution in [-0.4, -0.2) is 31.7 Å². The summed E-state index contributed by atoms with van der Waals surface area (Å²) in [5.74, 6) is -0.930. The molecule has 0 unspecified atom stereocenters. The van der Waals surface area contributed by atoms with Crippen molar-refractivity contribution < 1.29 is 14.3 Å². The van der Waals surface area contributed by atoms with Crippen LogP contribution in [0.3, 0.4) is 0 Å². The van der Waals surface area contributed by atoms with Gasteiger partial charge in [-0.25, -0.2) is 0 Å². The summed E-state index contributed by atoms with van der Waals surface area (Å²) in [4.78, 5) is 12.3. The summed E-state index contributed by atoms with van der Waals surface area (Å²) >= 11 is 5.65. The summed E-state index contributed by atoms with van der Waals surface area (Å²) < 4.78 is 10.5. The Morgan fingerprint density at radius 1 is 1.24 bits per heavy atom. The number of carbonyl (C=O) groups excluding carboxylic acids is 1. The first-order valence-corrected chi connectivity index (χ1v) is 5.99. The lowest BCUT2D eigenvalue weighted by atomic mass is 9.99. The van der Waals surface area contributed by atoms with E-state index in [0.29, 0.717) is 24.3 Å². The lowest BCUT2D eigenvalue weighted by molar-refractivity contribution is -0.172. The van der Waals surface area contributed by atoms with Crippen LogP contribution in [0.15, 0.2) is 30.3 Å². The molecule has 1 aromatic carbocycles. The van der Waals surface area contributed by atoms with Crippen molar-refractivity contribution in [3.8, 4) is 0 Å². The topological polar surface area (TPSA) is 35.5 Å². The highest BCUT2D eigenvalue weighted by molar-refractivity contribution is 6.17. The van der Waals surface area contributed by atoms with Gasteiger partial charge in [0.05, 0.1) is 0 Å². The molecule has 0 aliphatic rings. The Balaban J connectivity index is 2.94. The number of ether oxygens (including phenoxy) is 2. The van der Waals surface area contributed by atoms with Crippen LogP contribution >= 0.6 is 11.6 Å². The molecular weight excluding hydrogens is 240 g/mol. The molecule has 3 nitrogen and oxygen atoms in total. The van der Waals surface area contributed by atoms with Gasteiger partial charge in [-0.05, 0) is 6.42 Å². The number of halogens is 1. The quantitative estimate of drug-likeness (QED) is 0.428. The summed E-state index contributed by atoms with van der Waals surface area (Å²) in [5.41, 5.74) is 0.575. The fourth-order valence-corrected chi connectivity index (χ4v) is 1.83. The number of hydrogen-bond acceptors (Lipinski definition) is 3. The zero-order valence-electron chi connectivity index (χ0n) is 10.1. The molecule has 0 saturated carbocycles. The van der Waals surface area contributed by atoms with Crippen LogP contribution in [0.1, 0.15) is 23.2 Å². The number of carbonyl (C=O) groups is 1. The largest absolute Gasteiger partial charge is 0.347 e. The van der Waals surface area contributed by atoms with Crippen molar-refractivity contribution in [2.75, 3.05) is 20.1 Å². The second kappa shape index (κ2) is 6.74. The Morgan fingerprint density at radius 3 is 2.29 bits per heavy atom. The van der Waals surface area contributed by atoms with Gasteiger partial charge in [-0.2, -0.15) is 0 Å². The molecule has 94 valence electrons. The van der Waals surface area contributed by atoms with Gasteiger partial charge in [-0.15, -0.1) is 11.6 Å². The Morgan fingerprint density at radius 2 is 1.82 bits per heavy atom. The first-order chi connectivity index (χ1) is 8.20. The lowest BCUT2D eigenvalue weighted by Gasteiger charge is -2.29. The number of benzene rings is 1. The molecule has 0 radical (unpaired) electrons. The molecule has 0 spiro atoms. The molecular formula is C13H17ClO3. The van der Waals surface area contributed by atoms with Gasteiger partial charge >= 0.3 is 0 Å². The zero-order chi connectivity index (χ0) is 12.7. The summed E-state index contributed by atoms with van der Waals surface area (Å²) in [5, 5.41) is 0. The highest BCUT2D eigenvalue weighted by Crippen LogP contribution is 2.24. The first kappa shape index (κ1) is 14.2. The SMILES string of the molecule is COC(CCCCl)(OC)C(=O)c1ccccc1. The van der Waals surface area contributed by atoms with Crippen LogP contribution in [0.5, 0.6) is 0 Å². The molecule has 0 aliphatic heterocycles. The summed E-state index contributed by atoms with van der Waals surface area (Å²) in [6, 6.07) is 8.97. The third kappa shape index (κ3) is 3.28. The Labute approximate surface area is 107 Å². The summed E-state index contributed by atoms with van der Waals surface area (Å²) in [7, 11) is 2.94. The Bertz CT molecular complexity index is 347. The minimum atomic E-state index is -1.23. The number of alkyl halides is 1. The zero-order valence-corrected chi connectivity index (χ0v) is 10.9. The maximum absolute atomic E-state index is 12.3. The van der Waals surface area contributed by atoms with Gasteiger partial charge < -0.3 is 9.47 Å². The normalized spacial score (nSPS) is 11.5. The van der Waals surface area contributed by atoms with Crippen molar-refractivity contribution in [3.63, 3.8) is 0 Å². The monoisotopic (exact) mass is 256 g/mol. The molecule has 17 heavy (non-hydrogen) atoms. The minimum absolute atomic E-state index is 0.173. The maximum atomic E-state index is 12.3. The van der Waals surface area contributed by atoms with Gasteiger partial charge in [0, 0.05) is 32.1 Å². The predicted octanol–water partition coefficient (Wildman–Crippen LogP) is 2.88. The van der Waals surface area contributed by atoms with Crippen LogP contribution in [0.25, 0.3) is 0 Å². The maximum Gasteiger partial charge on any atom is 0.233 e. The van der Waals surface area contributed by atoms with E-state index in [1.807, 2.05) is 18.2 Å². The molecule has 0 atom stereocenters. The fraction of sp³-hybridized carbons (Fsp3) is 0.462. The van der Waals surface area contributed by atoms with E-state index in [2.05, 4.69) is 0 Å². The molecule has 0 aromatic heterocycles. The van der Waals surface area contributed by atoms with Crippen molar-refractivity contribution >= 4 is 17.4 Å². The van der Waals surface area contributed by atoms with Crippen molar-refractivity contribution in [2.24, 2.45) is 0 Å². The third-order valence-electron chi connectivity index (χ3n) is 2.68. The van der Waals surface area contributed by atoms with Crippen molar-refractivity contribution in [3.05, 3.63) is 35.9 Å². The smallest absolute Gasteiger partial charge is 0.233 e. The lowest BCUT2D eigenvalue weighted by Crippen LogP contribution is -2.42. The van der Waals surface area contributed by atoms with Gasteiger partial charge in [0.2, 0.25) is 11.6 Å².